The van der Waals surface area contributed by atoms with Crippen molar-refractivity contribution < 1.29 is 4.39 Å². The first-order valence-electron chi connectivity index (χ1n) is 6.21. The van der Waals surface area contributed by atoms with E-state index in [0.717, 1.165) is 4.88 Å². The van der Waals surface area contributed by atoms with Gasteiger partial charge in [0.1, 0.15) is 5.82 Å². The zero-order valence-electron chi connectivity index (χ0n) is 10.3. The molecule has 0 bridgehead atoms. The second-order valence-electron chi connectivity index (χ2n) is 4.59. The number of benzene rings is 2. The van der Waals surface area contributed by atoms with E-state index in [-0.39, 0.29) is 11.9 Å². The van der Waals surface area contributed by atoms with Crippen molar-refractivity contribution in [2.24, 2.45) is 5.73 Å². The maximum atomic E-state index is 13.6. The lowest BCUT2D eigenvalue weighted by Crippen LogP contribution is -2.12. The molecule has 0 fully saturated rings. The van der Waals surface area contributed by atoms with Crippen LogP contribution in [0.15, 0.2) is 54.6 Å². The van der Waals surface area contributed by atoms with Crippen LogP contribution in [-0.4, -0.2) is 0 Å². The van der Waals surface area contributed by atoms with E-state index in [2.05, 4.69) is 18.2 Å². The van der Waals surface area contributed by atoms with Gasteiger partial charge in [0.2, 0.25) is 0 Å². The predicted molar refractivity (Wildman–Crippen MR) is 78.9 cm³/mol. The summed E-state index contributed by atoms with van der Waals surface area (Å²) in [5.41, 5.74) is 6.88. The van der Waals surface area contributed by atoms with Crippen LogP contribution in [0.3, 0.4) is 0 Å². The van der Waals surface area contributed by atoms with E-state index in [9.17, 15) is 4.39 Å². The molecule has 3 rings (SSSR count). The zero-order valence-corrected chi connectivity index (χ0v) is 11.2. The molecule has 1 heterocycles. The summed E-state index contributed by atoms with van der Waals surface area (Å²) in [5, 5.41) is 1.20. The van der Waals surface area contributed by atoms with Gasteiger partial charge in [-0.1, -0.05) is 36.4 Å². The number of fused-ring (bicyclic) bond motifs is 1. The second kappa shape index (κ2) is 5.11. The lowest BCUT2D eigenvalue weighted by molar-refractivity contribution is 0.595. The average Bonchev–Trinajstić information content (AvgIpc) is 2.85. The van der Waals surface area contributed by atoms with Crippen LogP contribution in [0.4, 0.5) is 4.39 Å². The summed E-state index contributed by atoms with van der Waals surface area (Å²) in [6, 6.07) is 17.0. The highest BCUT2D eigenvalue weighted by Crippen LogP contribution is 2.30. The molecule has 3 aromatic rings. The van der Waals surface area contributed by atoms with Crippen LogP contribution < -0.4 is 5.73 Å². The van der Waals surface area contributed by atoms with Crippen molar-refractivity contribution in [1.82, 2.24) is 0 Å². The molecule has 1 atom stereocenters. The number of hydrogen-bond donors (Lipinski definition) is 1. The van der Waals surface area contributed by atoms with Crippen molar-refractivity contribution >= 4 is 21.4 Å². The Morgan fingerprint density at radius 1 is 1.05 bits per heavy atom. The van der Waals surface area contributed by atoms with Crippen molar-refractivity contribution in [3.8, 4) is 0 Å². The second-order valence-corrected chi connectivity index (χ2v) is 5.70. The van der Waals surface area contributed by atoms with E-state index in [1.807, 2.05) is 18.2 Å². The third kappa shape index (κ3) is 2.53. The molecule has 1 unspecified atom stereocenters. The lowest BCUT2D eigenvalue weighted by Gasteiger charge is -2.10. The Labute approximate surface area is 115 Å². The fourth-order valence-electron chi connectivity index (χ4n) is 2.19. The summed E-state index contributed by atoms with van der Waals surface area (Å²) >= 11 is 1.68. The highest BCUT2D eigenvalue weighted by molar-refractivity contribution is 7.19. The molecule has 1 nitrogen and oxygen atoms in total. The summed E-state index contributed by atoms with van der Waals surface area (Å²) in [6.45, 7) is 0. The van der Waals surface area contributed by atoms with Crippen LogP contribution in [-0.2, 0) is 6.42 Å². The Morgan fingerprint density at radius 2 is 1.79 bits per heavy atom. The standard InChI is InChI=1S/C16H14FNS/c17-13-7-3-1-5-11(13)9-14(18)16-10-12-6-2-4-8-15(12)19-16/h1-8,10,14H,9,18H2. The number of thiophene rings is 1. The van der Waals surface area contributed by atoms with Crippen molar-refractivity contribution in [1.29, 1.82) is 0 Å². The summed E-state index contributed by atoms with van der Waals surface area (Å²) < 4.78 is 14.8. The third-order valence-corrected chi connectivity index (χ3v) is 4.46. The molecule has 0 radical (unpaired) electrons. The van der Waals surface area contributed by atoms with Crippen LogP contribution >= 0.6 is 11.3 Å². The topological polar surface area (TPSA) is 26.0 Å². The van der Waals surface area contributed by atoms with Crippen LogP contribution in [0.1, 0.15) is 16.5 Å². The Kier molecular flexibility index (Phi) is 3.32. The molecule has 19 heavy (non-hydrogen) atoms. The van der Waals surface area contributed by atoms with E-state index in [1.165, 1.54) is 16.2 Å². The molecular formula is C16H14FNS. The monoisotopic (exact) mass is 271 g/mol. The van der Waals surface area contributed by atoms with Crippen LogP contribution in [0, 0.1) is 5.82 Å². The number of halogens is 1. The van der Waals surface area contributed by atoms with Gasteiger partial charge in [-0.2, -0.15) is 0 Å². The quantitative estimate of drug-likeness (QED) is 0.756. The van der Waals surface area contributed by atoms with E-state index >= 15 is 0 Å². The molecule has 2 N–H and O–H groups in total. The molecule has 1 aromatic heterocycles. The molecule has 0 spiro atoms. The number of nitrogens with two attached hydrogens (primary N) is 1. The SMILES string of the molecule is NC(Cc1ccccc1F)c1cc2ccccc2s1. The van der Waals surface area contributed by atoms with Crippen molar-refractivity contribution in [3.63, 3.8) is 0 Å². The van der Waals surface area contributed by atoms with E-state index in [0.29, 0.717) is 12.0 Å². The molecule has 0 saturated carbocycles. The first-order valence-corrected chi connectivity index (χ1v) is 7.03. The average molecular weight is 271 g/mol. The molecule has 2 aromatic carbocycles. The first kappa shape index (κ1) is 12.3. The van der Waals surface area contributed by atoms with Gasteiger partial charge in [-0.3, -0.25) is 0 Å². The number of hydrogen-bond acceptors (Lipinski definition) is 2. The normalized spacial score (nSPS) is 12.7. The molecule has 0 aliphatic heterocycles. The summed E-state index contributed by atoms with van der Waals surface area (Å²) in [4.78, 5) is 1.10. The molecule has 0 saturated heterocycles. The predicted octanol–water partition coefficient (Wildman–Crippen LogP) is 4.28. The van der Waals surface area contributed by atoms with E-state index in [4.69, 9.17) is 5.73 Å². The minimum Gasteiger partial charge on any atom is -0.323 e. The van der Waals surface area contributed by atoms with Crippen LogP contribution in [0.25, 0.3) is 10.1 Å². The van der Waals surface area contributed by atoms with Gasteiger partial charge < -0.3 is 5.73 Å². The van der Waals surface area contributed by atoms with Crippen molar-refractivity contribution in [2.45, 2.75) is 12.5 Å². The molecule has 0 aliphatic carbocycles. The minimum atomic E-state index is -0.181. The summed E-state index contributed by atoms with van der Waals surface area (Å²) in [6.07, 6.45) is 0.527. The summed E-state index contributed by atoms with van der Waals surface area (Å²) in [5.74, 6) is -0.181. The van der Waals surface area contributed by atoms with Gasteiger partial charge in [0.15, 0.2) is 0 Å². The maximum absolute atomic E-state index is 13.6. The van der Waals surface area contributed by atoms with E-state index < -0.39 is 0 Å². The maximum Gasteiger partial charge on any atom is 0.126 e. The van der Waals surface area contributed by atoms with Crippen LogP contribution in [0.5, 0.6) is 0 Å². The van der Waals surface area contributed by atoms with Gasteiger partial charge in [-0.05, 0) is 35.6 Å². The highest BCUT2D eigenvalue weighted by Gasteiger charge is 2.12. The van der Waals surface area contributed by atoms with Gasteiger partial charge in [-0.25, -0.2) is 4.39 Å². The smallest absolute Gasteiger partial charge is 0.126 e. The molecular weight excluding hydrogens is 257 g/mol. The molecule has 3 heteroatoms. The zero-order chi connectivity index (χ0) is 13.2. The van der Waals surface area contributed by atoms with Crippen molar-refractivity contribution in [2.75, 3.05) is 0 Å². The molecule has 96 valence electrons. The van der Waals surface area contributed by atoms with Gasteiger partial charge in [0, 0.05) is 15.6 Å². The van der Waals surface area contributed by atoms with E-state index in [1.54, 1.807) is 23.5 Å². The molecule has 0 amide bonds. The Bertz CT molecular complexity index is 672. The van der Waals surface area contributed by atoms with Gasteiger partial charge in [-0.15, -0.1) is 11.3 Å². The Morgan fingerprint density at radius 3 is 2.58 bits per heavy atom. The lowest BCUT2D eigenvalue weighted by atomic mass is 10.0. The third-order valence-electron chi connectivity index (χ3n) is 3.21. The molecule has 0 aliphatic rings. The fourth-order valence-corrected chi connectivity index (χ4v) is 3.25. The van der Waals surface area contributed by atoms with Crippen LogP contribution in [0.2, 0.25) is 0 Å². The van der Waals surface area contributed by atoms with Gasteiger partial charge in [0.05, 0.1) is 0 Å². The van der Waals surface area contributed by atoms with Gasteiger partial charge >= 0.3 is 0 Å². The minimum absolute atomic E-state index is 0.158. The van der Waals surface area contributed by atoms with Gasteiger partial charge in [0.25, 0.3) is 0 Å². The highest BCUT2D eigenvalue weighted by atomic mass is 32.1. The number of rotatable bonds is 3. The Balaban J connectivity index is 1.87. The largest absolute Gasteiger partial charge is 0.323 e. The first-order chi connectivity index (χ1) is 9.24. The Hall–Kier alpha value is -1.71. The van der Waals surface area contributed by atoms with Crippen molar-refractivity contribution in [3.05, 3.63) is 70.9 Å². The fraction of sp³-hybridized carbons (Fsp3) is 0.125. The summed E-state index contributed by atoms with van der Waals surface area (Å²) in [7, 11) is 0.